The van der Waals surface area contributed by atoms with Crippen LogP contribution in [0.4, 0.5) is 5.82 Å². The van der Waals surface area contributed by atoms with E-state index in [1.54, 1.807) is 34.4 Å². The van der Waals surface area contributed by atoms with Crippen LogP contribution >= 0.6 is 34.4 Å². The summed E-state index contributed by atoms with van der Waals surface area (Å²) in [5.74, 6) is 2.61. The predicted octanol–water partition coefficient (Wildman–Crippen LogP) is 4.09. The Balaban J connectivity index is 1.87. The second-order valence-electron chi connectivity index (χ2n) is 3.60. The van der Waals surface area contributed by atoms with Crippen molar-refractivity contribution in [2.45, 2.75) is 9.96 Å². The number of fused-ring (bicyclic) bond motifs is 1. The van der Waals surface area contributed by atoms with Crippen LogP contribution in [0.3, 0.4) is 0 Å². The van der Waals surface area contributed by atoms with Crippen molar-refractivity contribution in [1.82, 2.24) is 9.97 Å². The molecule has 0 fully saturated rings. The van der Waals surface area contributed by atoms with E-state index in [-0.39, 0.29) is 0 Å². The Morgan fingerprint density at radius 2 is 2.17 bits per heavy atom. The van der Waals surface area contributed by atoms with E-state index < -0.39 is 0 Å². The van der Waals surface area contributed by atoms with Crippen LogP contribution in [0, 0.1) is 0 Å². The molecule has 1 N–H and O–H groups in total. The molecule has 0 amide bonds. The van der Waals surface area contributed by atoms with E-state index in [2.05, 4.69) is 44.2 Å². The van der Waals surface area contributed by atoms with Crippen LogP contribution in [0.15, 0.2) is 33.2 Å². The molecular formula is C12H11N3S3. The summed E-state index contributed by atoms with van der Waals surface area (Å²) >= 11 is 5.19. The normalized spacial score (nSPS) is 10.9. The summed E-state index contributed by atoms with van der Waals surface area (Å²) in [4.78, 5) is 10.2. The molecule has 18 heavy (non-hydrogen) atoms. The lowest BCUT2D eigenvalue weighted by molar-refractivity contribution is 1.07. The molecule has 0 bridgehead atoms. The molecule has 0 atom stereocenters. The first-order valence-electron chi connectivity index (χ1n) is 5.45. The van der Waals surface area contributed by atoms with Gasteiger partial charge in [-0.2, -0.15) is 0 Å². The standard InChI is InChI=1S/C12H11N3S3/c1-13-11-8-4-6-17-12(8)15-9(14-11)7-18-10-3-2-5-16-10/h2-6H,7H2,1H3,(H,13,14,15). The summed E-state index contributed by atoms with van der Waals surface area (Å²) in [6.07, 6.45) is 0. The number of anilines is 1. The minimum absolute atomic E-state index is 0.809. The fourth-order valence-corrected chi connectivity index (χ4v) is 4.06. The van der Waals surface area contributed by atoms with Crippen LogP contribution in [0.2, 0.25) is 0 Å². The summed E-state index contributed by atoms with van der Waals surface area (Å²) < 4.78 is 1.30. The van der Waals surface area contributed by atoms with Crippen LogP contribution < -0.4 is 5.32 Å². The second kappa shape index (κ2) is 5.26. The number of hydrogen-bond acceptors (Lipinski definition) is 6. The Labute approximate surface area is 117 Å². The first-order valence-corrected chi connectivity index (χ1v) is 8.19. The third-order valence-corrected chi connectivity index (χ3v) is 5.38. The van der Waals surface area contributed by atoms with E-state index in [1.165, 1.54) is 4.21 Å². The summed E-state index contributed by atoms with van der Waals surface area (Å²) in [6.45, 7) is 0. The van der Waals surface area contributed by atoms with Crippen LogP contribution in [0.25, 0.3) is 10.2 Å². The lowest BCUT2D eigenvalue weighted by atomic mass is 10.4. The summed E-state index contributed by atoms with van der Waals surface area (Å²) in [5.41, 5.74) is 0. The van der Waals surface area contributed by atoms with E-state index in [4.69, 9.17) is 0 Å². The maximum absolute atomic E-state index is 4.59. The quantitative estimate of drug-likeness (QED) is 0.735. The van der Waals surface area contributed by atoms with Gasteiger partial charge < -0.3 is 5.32 Å². The largest absolute Gasteiger partial charge is 0.372 e. The third kappa shape index (κ3) is 2.36. The van der Waals surface area contributed by atoms with Gasteiger partial charge in [0.15, 0.2) is 0 Å². The van der Waals surface area contributed by atoms with Crippen molar-refractivity contribution in [3.05, 3.63) is 34.8 Å². The Morgan fingerprint density at radius 3 is 2.94 bits per heavy atom. The molecule has 3 nitrogen and oxygen atoms in total. The van der Waals surface area contributed by atoms with Crippen LogP contribution in [-0.2, 0) is 5.75 Å². The van der Waals surface area contributed by atoms with Gasteiger partial charge in [-0.15, -0.1) is 34.4 Å². The van der Waals surface area contributed by atoms with Gasteiger partial charge in [-0.25, -0.2) is 9.97 Å². The topological polar surface area (TPSA) is 37.8 Å². The van der Waals surface area contributed by atoms with E-state index in [0.717, 1.165) is 27.6 Å². The van der Waals surface area contributed by atoms with Gasteiger partial charge in [0.2, 0.25) is 0 Å². The number of nitrogens with zero attached hydrogens (tertiary/aromatic N) is 2. The van der Waals surface area contributed by atoms with Gasteiger partial charge in [-0.05, 0) is 22.9 Å². The summed E-state index contributed by atoms with van der Waals surface area (Å²) in [6, 6.07) is 6.25. The monoisotopic (exact) mass is 293 g/mol. The molecule has 3 aromatic rings. The van der Waals surface area contributed by atoms with E-state index in [1.807, 2.05) is 7.05 Å². The van der Waals surface area contributed by atoms with E-state index in [9.17, 15) is 0 Å². The highest BCUT2D eigenvalue weighted by Crippen LogP contribution is 2.29. The van der Waals surface area contributed by atoms with Crippen LogP contribution in [-0.4, -0.2) is 17.0 Å². The van der Waals surface area contributed by atoms with Crippen molar-refractivity contribution in [2.24, 2.45) is 0 Å². The molecule has 0 aliphatic heterocycles. The minimum atomic E-state index is 0.809. The minimum Gasteiger partial charge on any atom is -0.372 e. The highest BCUT2D eigenvalue weighted by atomic mass is 32.2. The molecule has 0 aromatic carbocycles. The Morgan fingerprint density at radius 1 is 1.22 bits per heavy atom. The van der Waals surface area contributed by atoms with E-state index in [0.29, 0.717) is 0 Å². The van der Waals surface area contributed by atoms with Gasteiger partial charge >= 0.3 is 0 Å². The maximum atomic E-state index is 4.59. The Bertz CT molecular complexity index is 646. The molecular weight excluding hydrogens is 282 g/mol. The average Bonchev–Trinajstić information content (AvgIpc) is 3.06. The van der Waals surface area contributed by atoms with Gasteiger partial charge in [0.1, 0.15) is 16.5 Å². The van der Waals surface area contributed by atoms with Crippen molar-refractivity contribution in [3.63, 3.8) is 0 Å². The zero-order valence-electron chi connectivity index (χ0n) is 9.71. The number of thioether (sulfide) groups is 1. The molecule has 0 unspecified atom stereocenters. The molecule has 0 spiro atoms. The molecule has 6 heteroatoms. The fraction of sp³-hybridized carbons (Fsp3) is 0.167. The molecule has 3 aromatic heterocycles. The number of hydrogen-bond donors (Lipinski definition) is 1. The number of aromatic nitrogens is 2. The Hall–Kier alpha value is -1.11. The lowest BCUT2D eigenvalue weighted by Gasteiger charge is -2.04. The van der Waals surface area contributed by atoms with Crippen LogP contribution in [0.1, 0.15) is 5.82 Å². The van der Waals surface area contributed by atoms with Crippen molar-refractivity contribution >= 4 is 50.5 Å². The van der Waals surface area contributed by atoms with Crippen molar-refractivity contribution in [3.8, 4) is 0 Å². The van der Waals surface area contributed by atoms with Gasteiger partial charge in [-0.1, -0.05) is 6.07 Å². The number of rotatable bonds is 4. The van der Waals surface area contributed by atoms with Crippen molar-refractivity contribution < 1.29 is 0 Å². The number of thiophene rings is 2. The number of nitrogens with one attached hydrogen (secondary N) is 1. The van der Waals surface area contributed by atoms with Gasteiger partial charge in [0, 0.05) is 7.05 Å². The highest BCUT2D eigenvalue weighted by Gasteiger charge is 2.08. The molecule has 0 aliphatic carbocycles. The third-order valence-electron chi connectivity index (χ3n) is 2.45. The molecule has 0 saturated carbocycles. The molecule has 0 saturated heterocycles. The zero-order chi connectivity index (χ0) is 12.4. The van der Waals surface area contributed by atoms with Crippen LogP contribution in [0.5, 0.6) is 0 Å². The molecule has 3 rings (SSSR count). The second-order valence-corrected chi connectivity index (χ2v) is 6.72. The zero-order valence-corrected chi connectivity index (χ0v) is 12.2. The maximum Gasteiger partial charge on any atom is 0.142 e. The lowest BCUT2D eigenvalue weighted by Crippen LogP contribution is -1.99. The van der Waals surface area contributed by atoms with E-state index >= 15 is 0 Å². The predicted molar refractivity (Wildman–Crippen MR) is 80.8 cm³/mol. The van der Waals surface area contributed by atoms with Gasteiger partial charge in [0.05, 0.1) is 15.3 Å². The SMILES string of the molecule is CNc1nc(CSc2cccs2)nc2sccc12. The summed E-state index contributed by atoms with van der Waals surface area (Å²) in [7, 11) is 1.90. The Kier molecular flexibility index (Phi) is 3.49. The van der Waals surface area contributed by atoms with Gasteiger partial charge in [-0.3, -0.25) is 0 Å². The molecule has 3 heterocycles. The van der Waals surface area contributed by atoms with Gasteiger partial charge in [0.25, 0.3) is 0 Å². The average molecular weight is 293 g/mol. The molecule has 92 valence electrons. The smallest absolute Gasteiger partial charge is 0.142 e. The summed E-state index contributed by atoms with van der Waals surface area (Å²) in [5, 5.41) is 8.38. The fourth-order valence-electron chi connectivity index (χ4n) is 1.64. The molecule has 0 radical (unpaired) electrons. The highest BCUT2D eigenvalue weighted by molar-refractivity contribution is 8.00. The van der Waals surface area contributed by atoms with Crippen molar-refractivity contribution in [1.29, 1.82) is 0 Å². The first-order chi connectivity index (χ1) is 8.86. The molecule has 0 aliphatic rings. The first kappa shape index (κ1) is 12.0. The van der Waals surface area contributed by atoms with Crippen molar-refractivity contribution in [2.75, 3.05) is 12.4 Å².